The Morgan fingerprint density at radius 2 is 1.59 bits per heavy atom. The van der Waals surface area contributed by atoms with Crippen molar-refractivity contribution in [1.82, 2.24) is 4.90 Å². The van der Waals surface area contributed by atoms with Gasteiger partial charge in [-0.15, -0.1) is 0 Å². The van der Waals surface area contributed by atoms with Gasteiger partial charge >= 0.3 is 0 Å². The molecule has 0 heterocycles. The molecule has 4 heteroatoms. The number of benzene rings is 2. The van der Waals surface area contributed by atoms with Crippen molar-refractivity contribution in [3.63, 3.8) is 0 Å². The standard InChI is InChI=1S/C18H22ClN3/c1-13-11-18(14(2)10-17(13)20-12-21(3)4)22(5)16-8-6-15(19)7-9-16/h6-12H,1-5H3/b20-12-. The van der Waals surface area contributed by atoms with E-state index < -0.39 is 0 Å². The van der Waals surface area contributed by atoms with E-state index >= 15 is 0 Å². The highest BCUT2D eigenvalue weighted by Gasteiger charge is 2.10. The van der Waals surface area contributed by atoms with Gasteiger partial charge < -0.3 is 9.80 Å². The largest absolute Gasteiger partial charge is 0.369 e. The number of aliphatic imine (C=N–C) groups is 1. The lowest BCUT2D eigenvalue weighted by Gasteiger charge is -2.23. The molecule has 2 aromatic rings. The first-order chi connectivity index (χ1) is 10.4. The van der Waals surface area contributed by atoms with Crippen molar-refractivity contribution in [2.75, 3.05) is 26.0 Å². The first kappa shape index (κ1) is 16.4. The molecule has 0 radical (unpaired) electrons. The zero-order valence-corrected chi connectivity index (χ0v) is 14.5. The Balaban J connectivity index is 2.36. The average molecular weight is 316 g/mol. The van der Waals surface area contributed by atoms with Crippen LogP contribution in [0.4, 0.5) is 17.1 Å². The van der Waals surface area contributed by atoms with Gasteiger partial charge in [0.2, 0.25) is 0 Å². The minimum absolute atomic E-state index is 0.749. The molecule has 0 fully saturated rings. The Morgan fingerprint density at radius 3 is 2.18 bits per heavy atom. The van der Waals surface area contributed by atoms with Crippen LogP contribution in [0.2, 0.25) is 5.02 Å². The SMILES string of the molecule is Cc1cc(N(C)c2ccc(Cl)cc2)c(C)cc1/N=C\N(C)C. The fraction of sp³-hybridized carbons (Fsp3) is 0.278. The summed E-state index contributed by atoms with van der Waals surface area (Å²) in [5.74, 6) is 0. The maximum atomic E-state index is 5.96. The number of aryl methyl sites for hydroxylation is 2. The molecule has 2 aromatic carbocycles. The van der Waals surface area contributed by atoms with E-state index in [1.807, 2.05) is 49.6 Å². The van der Waals surface area contributed by atoms with Gasteiger partial charge in [-0.25, -0.2) is 4.99 Å². The van der Waals surface area contributed by atoms with Crippen LogP contribution in [0.1, 0.15) is 11.1 Å². The highest BCUT2D eigenvalue weighted by atomic mass is 35.5. The van der Waals surface area contributed by atoms with Crippen LogP contribution < -0.4 is 4.90 Å². The van der Waals surface area contributed by atoms with Gasteiger partial charge in [-0.1, -0.05) is 11.6 Å². The third-order valence-electron chi connectivity index (χ3n) is 3.52. The van der Waals surface area contributed by atoms with Gasteiger partial charge in [0, 0.05) is 37.5 Å². The molecule has 0 aromatic heterocycles. The van der Waals surface area contributed by atoms with Crippen LogP contribution in [0.15, 0.2) is 41.4 Å². The minimum Gasteiger partial charge on any atom is -0.369 e. The Hall–Kier alpha value is -2.00. The Labute approximate surface area is 137 Å². The van der Waals surface area contributed by atoms with Crippen molar-refractivity contribution in [3.8, 4) is 0 Å². The number of hydrogen-bond donors (Lipinski definition) is 0. The number of nitrogens with zero attached hydrogens (tertiary/aromatic N) is 3. The molecule has 0 saturated carbocycles. The van der Waals surface area contributed by atoms with Crippen molar-refractivity contribution in [1.29, 1.82) is 0 Å². The van der Waals surface area contributed by atoms with Crippen LogP contribution >= 0.6 is 11.6 Å². The van der Waals surface area contributed by atoms with E-state index in [1.165, 1.54) is 11.3 Å². The van der Waals surface area contributed by atoms with Crippen LogP contribution in [0, 0.1) is 13.8 Å². The van der Waals surface area contributed by atoms with E-state index in [0.717, 1.165) is 22.0 Å². The van der Waals surface area contributed by atoms with Crippen molar-refractivity contribution in [2.24, 2.45) is 4.99 Å². The molecular weight excluding hydrogens is 294 g/mol. The molecule has 2 rings (SSSR count). The fourth-order valence-electron chi connectivity index (χ4n) is 2.27. The summed E-state index contributed by atoms with van der Waals surface area (Å²) in [4.78, 5) is 8.61. The normalized spacial score (nSPS) is 11.0. The summed E-state index contributed by atoms with van der Waals surface area (Å²) in [5.41, 5.74) is 5.62. The highest BCUT2D eigenvalue weighted by Crippen LogP contribution is 2.32. The van der Waals surface area contributed by atoms with Crippen molar-refractivity contribution < 1.29 is 0 Å². The smallest absolute Gasteiger partial charge is 0.0907 e. The van der Waals surface area contributed by atoms with E-state index in [4.69, 9.17) is 11.6 Å². The Bertz CT molecular complexity index is 675. The molecule has 0 amide bonds. The zero-order chi connectivity index (χ0) is 16.3. The van der Waals surface area contributed by atoms with E-state index in [2.05, 4.69) is 42.9 Å². The summed E-state index contributed by atoms with van der Waals surface area (Å²) in [7, 11) is 6.00. The summed E-state index contributed by atoms with van der Waals surface area (Å²) >= 11 is 5.96. The third-order valence-corrected chi connectivity index (χ3v) is 3.77. The van der Waals surface area contributed by atoms with E-state index in [0.29, 0.717) is 0 Å². The number of hydrogen-bond acceptors (Lipinski definition) is 2. The fourth-order valence-corrected chi connectivity index (χ4v) is 2.39. The molecule has 3 nitrogen and oxygen atoms in total. The van der Waals surface area contributed by atoms with Gasteiger partial charge in [-0.05, 0) is 61.4 Å². The van der Waals surface area contributed by atoms with Gasteiger partial charge in [0.15, 0.2) is 0 Å². The lowest BCUT2D eigenvalue weighted by atomic mass is 10.1. The van der Waals surface area contributed by atoms with Crippen molar-refractivity contribution in [3.05, 3.63) is 52.5 Å². The van der Waals surface area contributed by atoms with E-state index in [1.54, 1.807) is 0 Å². The molecule has 0 spiro atoms. The molecule has 0 aliphatic heterocycles. The molecule has 22 heavy (non-hydrogen) atoms. The molecule has 0 N–H and O–H groups in total. The Kier molecular flexibility index (Phi) is 5.09. The number of halogens is 1. The second-order valence-electron chi connectivity index (χ2n) is 5.67. The molecular formula is C18H22ClN3. The quantitative estimate of drug-likeness (QED) is 0.587. The van der Waals surface area contributed by atoms with Crippen LogP contribution in [0.3, 0.4) is 0 Å². The number of anilines is 2. The molecule has 0 unspecified atom stereocenters. The van der Waals surface area contributed by atoms with E-state index in [9.17, 15) is 0 Å². The van der Waals surface area contributed by atoms with Gasteiger partial charge in [-0.2, -0.15) is 0 Å². The summed E-state index contributed by atoms with van der Waals surface area (Å²) in [6.07, 6.45) is 1.82. The Morgan fingerprint density at radius 1 is 0.955 bits per heavy atom. The van der Waals surface area contributed by atoms with Gasteiger partial charge in [-0.3, -0.25) is 0 Å². The second kappa shape index (κ2) is 6.84. The van der Waals surface area contributed by atoms with E-state index in [-0.39, 0.29) is 0 Å². The van der Waals surface area contributed by atoms with Gasteiger partial charge in [0.25, 0.3) is 0 Å². The molecule has 0 bridgehead atoms. The van der Waals surface area contributed by atoms with Gasteiger partial charge in [0.1, 0.15) is 0 Å². The van der Waals surface area contributed by atoms with Gasteiger partial charge in [0.05, 0.1) is 12.0 Å². The molecule has 0 aliphatic rings. The monoisotopic (exact) mass is 315 g/mol. The molecule has 116 valence electrons. The summed E-state index contributed by atoms with van der Waals surface area (Å²) in [6.45, 7) is 4.19. The highest BCUT2D eigenvalue weighted by molar-refractivity contribution is 6.30. The topological polar surface area (TPSA) is 18.8 Å². The first-order valence-corrected chi connectivity index (χ1v) is 7.57. The minimum atomic E-state index is 0.749. The summed E-state index contributed by atoms with van der Waals surface area (Å²) in [5, 5.41) is 0.749. The molecule has 0 atom stereocenters. The zero-order valence-electron chi connectivity index (χ0n) is 13.8. The van der Waals surface area contributed by atoms with Crippen molar-refractivity contribution in [2.45, 2.75) is 13.8 Å². The van der Waals surface area contributed by atoms with Crippen LogP contribution in [0.25, 0.3) is 0 Å². The predicted octanol–water partition coefficient (Wildman–Crippen LogP) is 4.95. The first-order valence-electron chi connectivity index (χ1n) is 7.19. The van der Waals surface area contributed by atoms with Crippen LogP contribution in [0.5, 0.6) is 0 Å². The molecule has 0 saturated heterocycles. The van der Waals surface area contributed by atoms with Crippen LogP contribution in [-0.2, 0) is 0 Å². The lowest BCUT2D eigenvalue weighted by molar-refractivity contribution is 0.643. The summed E-state index contributed by atoms with van der Waals surface area (Å²) in [6, 6.07) is 12.2. The second-order valence-corrected chi connectivity index (χ2v) is 6.11. The van der Waals surface area contributed by atoms with Crippen molar-refractivity contribution >= 4 is 35.0 Å². The summed E-state index contributed by atoms with van der Waals surface area (Å²) < 4.78 is 0. The maximum absolute atomic E-state index is 5.96. The maximum Gasteiger partial charge on any atom is 0.0907 e. The predicted molar refractivity (Wildman–Crippen MR) is 97.3 cm³/mol. The average Bonchev–Trinajstić information content (AvgIpc) is 2.47. The molecule has 0 aliphatic carbocycles. The number of rotatable bonds is 4. The lowest BCUT2D eigenvalue weighted by Crippen LogP contribution is -2.11. The third kappa shape index (κ3) is 3.80. The van der Waals surface area contributed by atoms with Crippen LogP contribution in [-0.4, -0.2) is 32.4 Å².